The zero-order chi connectivity index (χ0) is 20.4. The average molecular weight is 390 g/mol. The van der Waals surface area contributed by atoms with Crippen LogP contribution in [0.4, 0.5) is 0 Å². The molecule has 0 saturated heterocycles. The van der Waals surface area contributed by atoms with Gasteiger partial charge in [0.05, 0.1) is 11.9 Å². The first kappa shape index (κ1) is 18.8. The lowest BCUT2D eigenvalue weighted by atomic mass is 10.1. The van der Waals surface area contributed by atoms with Gasteiger partial charge in [-0.1, -0.05) is 35.5 Å². The molecule has 29 heavy (non-hydrogen) atoms. The van der Waals surface area contributed by atoms with Gasteiger partial charge in [-0.15, -0.1) is 0 Å². The monoisotopic (exact) mass is 390 g/mol. The number of carbonyl (C=O) groups excluding carboxylic acids is 1. The van der Waals surface area contributed by atoms with Gasteiger partial charge >= 0.3 is 0 Å². The number of aromatic nitrogens is 5. The lowest BCUT2D eigenvalue weighted by Crippen LogP contribution is -2.30. The molecule has 0 aliphatic rings. The van der Waals surface area contributed by atoms with Crippen LogP contribution in [0.25, 0.3) is 11.2 Å². The largest absolute Gasteiger partial charge is 0.337 e. The highest BCUT2D eigenvalue weighted by Crippen LogP contribution is 2.20. The zero-order valence-electron chi connectivity index (χ0n) is 16.6. The van der Waals surface area contributed by atoms with Crippen LogP contribution in [0.5, 0.6) is 0 Å². The van der Waals surface area contributed by atoms with Gasteiger partial charge in [-0.3, -0.25) is 4.79 Å². The van der Waals surface area contributed by atoms with Crippen LogP contribution in [0.3, 0.4) is 0 Å². The molecule has 0 bridgehead atoms. The molecule has 3 aromatic heterocycles. The first-order valence-corrected chi connectivity index (χ1v) is 9.45. The SMILES string of the molecule is Cc1noc(C(C)N(C)C(=O)c2cnc3c(c2)ncn3CCc2ccccc2)n1. The van der Waals surface area contributed by atoms with E-state index in [0.717, 1.165) is 18.6 Å². The standard InChI is InChI=1S/C21H22N6O2/c1-14(20-24-15(2)25-29-20)26(3)21(28)17-11-18-19(22-12-17)27(13-23-18)10-9-16-7-5-4-6-8-16/h4-8,11-14H,9-10H2,1-3H3. The van der Waals surface area contributed by atoms with Crippen molar-refractivity contribution in [3.05, 3.63) is 71.8 Å². The van der Waals surface area contributed by atoms with Crippen molar-refractivity contribution in [2.24, 2.45) is 0 Å². The molecule has 0 aliphatic heterocycles. The van der Waals surface area contributed by atoms with Crippen LogP contribution in [0.15, 0.2) is 53.4 Å². The lowest BCUT2D eigenvalue weighted by Gasteiger charge is -2.21. The third-order valence-corrected chi connectivity index (χ3v) is 4.99. The van der Waals surface area contributed by atoms with Crippen molar-refractivity contribution in [2.75, 3.05) is 7.05 Å². The summed E-state index contributed by atoms with van der Waals surface area (Å²) in [7, 11) is 1.70. The van der Waals surface area contributed by atoms with Crippen LogP contribution < -0.4 is 0 Å². The highest BCUT2D eigenvalue weighted by Gasteiger charge is 2.24. The van der Waals surface area contributed by atoms with Crippen molar-refractivity contribution in [3.8, 4) is 0 Å². The van der Waals surface area contributed by atoms with E-state index in [1.165, 1.54) is 5.56 Å². The topological polar surface area (TPSA) is 89.9 Å². The third kappa shape index (κ3) is 3.87. The molecular weight excluding hydrogens is 368 g/mol. The second-order valence-electron chi connectivity index (χ2n) is 7.01. The van der Waals surface area contributed by atoms with Crippen LogP contribution >= 0.6 is 0 Å². The predicted molar refractivity (Wildman–Crippen MR) is 107 cm³/mol. The molecule has 0 spiro atoms. The zero-order valence-corrected chi connectivity index (χ0v) is 16.6. The van der Waals surface area contributed by atoms with E-state index in [1.807, 2.05) is 29.7 Å². The number of amides is 1. The van der Waals surface area contributed by atoms with Crippen LogP contribution in [-0.2, 0) is 13.0 Å². The fourth-order valence-corrected chi connectivity index (χ4v) is 3.15. The van der Waals surface area contributed by atoms with Gasteiger partial charge in [0.1, 0.15) is 11.6 Å². The smallest absolute Gasteiger partial charge is 0.255 e. The molecule has 4 aromatic rings. The Morgan fingerprint density at radius 2 is 2.03 bits per heavy atom. The van der Waals surface area contributed by atoms with Crippen molar-refractivity contribution in [2.45, 2.75) is 32.9 Å². The molecule has 8 heteroatoms. The second kappa shape index (κ2) is 7.83. The number of hydrogen-bond donors (Lipinski definition) is 0. The average Bonchev–Trinajstić information content (AvgIpc) is 3.37. The molecule has 0 radical (unpaired) electrons. The van der Waals surface area contributed by atoms with Gasteiger partial charge in [0.15, 0.2) is 11.5 Å². The van der Waals surface area contributed by atoms with Crippen molar-refractivity contribution < 1.29 is 9.32 Å². The Hall–Kier alpha value is -3.55. The van der Waals surface area contributed by atoms with E-state index in [-0.39, 0.29) is 11.9 Å². The Balaban J connectivity index is 1.50. The maximum absolute atomic E-state index is 12.9. The number of aryl methyl sites for hydroxylation is 3. The second-order valence-corrected chi connectivity index (χ2v) is 7.01. The Morgan fingerprint density at radius 3 is 2.76 bits per heavy atom. The number of rotatable bonds is 6. The number of nitrogens with zero attached hydrogens (tertiary/aromatic N) is 6. The van der Waals surface area contributed by atoms with E-state index in [9.17, 15) is 4.79 Å². The third-order valence-electron chi connectivity index (χ3n) is 4.99. The molecule has 1 unspecified atom stereocenters. The molecule has 0 aliphatic carbocycles. The molecule has 3 heterocycles. The lowest BCUT2D eigenvalue weighted by molar-refractivity contribution is 0.0715. The molecule has 0 saturated carbocycles. The molecule has 1 amide bonds. The molecule has 1 atom stereocenters. The fourth-order valence-electron chi connectivity index (χ4n) is 3.15. The summed E-state index contributed by atoms with van der Waals surface area (Å²) >= 11 is 0. The molecule has 148 valence electrons. The Kier molecular flexibility index (Phi) is 5.07. The van der Waals surface area contributed by atoms with Gasteiger partial charge in [0.2, 0.25) is 5.89 Å². The minimum absolute atomic E-state index is 0.179. The van der Waals surface area contributed by atoms with Crippen molar-refractivity contribution in [1.82, 2.24) is 29.6 Å². The van der Waals surface area contributed by atoms with Crippen LogP contribution in [0.1, 0.15) is 40.6 Å². The van der Waals surface area contributed by atoms with Crippen molar-refractivity contribution in [3.63, 3.8) is 0 Å². The molecule has 8 nitrogen and oxygen atoms in total. The Morgan fingerprint density at radius 1 is 1.24 bits per heavy atom. The summed E-state index contributed by atoms with van der Waals surface area (Å²) in [5, 5.41) is 3.79. The Labute approximate surface area is 168 Å². The van der Waals surface area contributed by atoms with Gasteiger partial charge < -0.3 is 14.0 Å². The number of benzene rings is 1. The van der Waals surface area contributed by atoms with E-state index < -0.39 is 0 Å². The van der Waals surface area contributed by atoms with E-state index >= 15 is 0 Å². The first-order valence-electron chi connectivity index (χ1n) is 9.45. The van der Waals surface area contributed by atoms with Gasteiger partial charge in [0.25, 0.3) is 5.91 Å². The van der Waals surface area contributed by atoms with E-state index in [2.05, 4.69) is 32.2 Å². The van der Waals surface area contributed by atoms with Crippen LogP contribution in [0, 0.1) is 6.92 Å². The van der Waals surface area contributed by atoms with Crippen molar-refractivity contribution >= 4 is 17.1 Å². The number of hydrogen-bond acceptors (Lipinski definition) is 6. The number of fused-ring (bicyclic) bond motifs is 1. The number of imidazole rings is 1. The number of pyridine rings is 1. The summed E-state index contributed by atoms with van der Waals surface area (Å²) in [6.07, 6.45) is 4.24. The summed E-state index contributed by atoms with van der Waals surface area (Å²) in [6.45, 7) is 4.36. The van der Waals surface area contributed by atoms with E-state index in [4.69, 9.17) is 4.52 Å². The summed E-state index contributed by atoms with van der Waals surface area (Å²) in [5.41, 5.74) is 3.18. The van der Waals surface area contributed by atoms with Gasteiger partial charge in [-0.25, -0.2) is 9.97 Å². The number of carbonyl (C=O) groups is 1. The van der Waals surface area contributed by atoms with Gasteiger partial charge in [-0.05, 0) is 31.9 Å². The van der Waals surface area contributed by atoms with E-state index in [1.54, 1.807) is 37.5 Å². The van der Waals surface area contributed by atoms with Crippen LogP contribution in [-0.4, -0.2) is 42.5 Å². The quantitative estimate of drug-likeness (QED) is 0.502. The Bertz CT molecular complexity index is 1130. The molecule has 1 aromatic carbocycles. The van der Waals surface area contributed by atoms with Gasteiger partial charge in [0, 0.05) is 19.8 Å². The maximum atomic E-state index is 12.9. The highest BCUT2D eigenvalue weighted by atomic mass is 16.5. The summed E-state index contributed by atoms with van der Waals surface area (Å²) in [4.78, 5) is 27.6. The summed E-state index contributed by atoms with van der Waals surface area (Å²) in [5.74, 6) is 0.760. The summed E-state index contributed by atoms with van der Waals surface area (Å²) in [6, 6.07) is 11.7. The minimum atomic E-state index is -0.345. The summed E-state index contributed by atoms with van der Waals surface area (Å²) < 4.78 is 7.19. The van der Waals surface area contributed by atoms with E-state index in [0.29, 0.717) is 22.8 Å². The highest BCUT2D eigenvalue weighted by molar-refractivity contribution is 5.96. The predicted octanol–water partition coefficient (Wildman–Crippen LogP) is 3.20. The molecule has 0 N–H and O–H groups in total. The normalized spacial score (nSPS) is 12.2. The fraction of sp³-hybridized carbons (Fsp3) is 0.286. The molecule has 0 fully saturated rings. The molecular formula is C21H22N6O2. The van der Waals surface area contributed by atoms with Crippen LogP contribution in [0.2, 0.25) is 0 Å². The van der Waals surface area contributed by atoms with Crippen molar-refractivity contribution in [1.29, 1.82) is 0 Å². The molecule has 4 rings (SSSR count). The minimum Gasteiger partial charge on any atom is -0.337 e. The first-order chi connectivity index (χ1) is 14.0. The maximum Gasteiger partial charge on any atom is 0.255 e. The van der Waals surface area contributed by atoms with Gasteiger partial charge in [-0.2, -0.15) is 4.98 Å².